The molecule has 1 aliphatic carbocycles. The molecule has 0 unspecified atom stereocenters. The van der Waals surface area contributed by atoms with Crippen LogP contribution < -0.4 is 4.74 Å². The number of benzene rings is 2. The van der Waals surface area contributed by atoms with Crippen LogP contribution in [0.1, 0.15) is 32.3 Å². The summed E-state index contributed by atoms with van der Waals surface area (Å²) in [7, 11) is 1.84. The summed E-state index contributed by atoms with van der Waals surface area (Å²) < 4.78 is 27.4. The zero-order valence-corrected chi connectivity index (χ0v) is 20.9. The van der Waals surface area contributed by atoms with Gasteiger partial charge in [-0.1, -0.05) is 50.2 Å². The lowest BCUT2D eigenvalue weighted by Gasteiger charge is -2.26. The van der Waals surface area contributed by atoms with Gasteiger partial charge in [-0.05, 0) is 36.8 Å². The van der Waals surface area contributed by atoms with E-state index in [4.69, 9.17) is 14.6 Å². The predicted octanol–water partition coefficient (Wildman–Crippen LogP) is 5.26. The summed E-state index contributed by atoms with van der Waals surface area (Å²) in [5, 5.41) is 15.5. The Morgan fingerprint density at radius 2 is 1.89 bits per heavy atom. The van der Waals surface area contributed by atoms with Crippen molar-refractivity contribution in [3.05, 3.63) is 66.0 Å². The first-order valence-corrected chi connectivity index (χ1v) is 12.4. The molecule has 0 saturated heterocycles. The number of aryl methyl sites for hydroxylation is 1. The van der Waals surface area contributed by atoms with Crippen LogP contribution >= 0.6 is 0 Å². The quantitative estimate of drug-likeness (QED) is 0.361. The van der Waals surface area contributed by atoms with Gasteiger partial charge in [-0.3, -0.25) is 4.90 Å². The third kappa shape index (κ3) is 7.37. The van der Waals surface area contributed by atoms with Gasteiger partial charge in [-0.25, -0.2) is 9.07 Å². The van der Waals surface area contributed by atoms with Crippen molar-refractivity contribution >= 4 is 0 Å². The van der Waals surface area contributed by atoms with Crippen LogP contribution in [0.2, 0.25) is 0 Å². The van der Waals surface area contributed by atoms with Gasteiger partial charge >= 0.3 is 0 Å². The summed E-state index contributed by atoms with van der Waals surface area (Å²) >= 11 is 0. The zero-order valence-electron chi connectivity index (χ0n) is 20.9. The van der Waals surface area contributed by atoms with E-state index >= 15 is 0 Å². The molecule has 1 aromatic heterocycles. The smallest absolute Gasteiger partial charge is 0.222 e. The standard InChI is InChI=1S/C28H36FN3O3/c1-20(2)18-34-19-24(33)16-32(15-21-12-13-21)17-26-27(22-8-5-4-6-9-22)30-31(3)28(26)35-25-11-7-10-23(29)14-25/h4-11,14,20-21,24,33H,12-13,15-19H2,1-3H3/t24-/m0/s1. The van der Waals surface area contributed by atoms with Crippen molar-refractivity contribution in [1.29, 1.82) is 0 Å². The molecule has 0 bridgehead atoms. The maximum atomic E-state index is 13.8. The van der Waals surface area contributed by atoms with Gasteiger partial charge in [0.15, 0.2) is 0 Å². The zero-order chi connectivity index (χ0) is 24.8. The number of rotatable bonds is 13. The summed E-state index contributed by atoms with van der Waals surface area (Å²) in [6.45, 7) is 7.08. The monoisotopic (exact) mass is 481 g/mol. The largest absolute Gasteiger partial charge is 0.439 e. The highest BCUT2D eigenvalue weighted by Gasteiger charge is 2.28. The van der Waals surface area contributed by atoms with Crippen LogP contribution in [0.25, 0.3) is 11.3 Å². The van der Waals surface area contributed by atoms with Gasteiger partial charge < -0.3 is 14.6 Å². The van der Waals surface area contributed by atoms with Crippen molar-refractivity contribution in [1.82, 2.24) is 14.7 Å². The van der Waals surface area contributed by atoms with E-state index in [1.807, 2.05) is 37.4 Å². The third-order valence-electron chi connectivity index (χ3n) is 5.97. The Bertz CT molecular complexity index is 1080. The number of hydrogen-bond donors (Lipinski definition) is 1. The Labute approximate surface area is 207 Å². The van der Waals surface area contributed by atoms with Gasteiger partial charge in [0.2, 0.25) is 5.88 Å². The highest BCUT2D eigenvalue weighted by molar-refractivity contribution is 5.65. The van der Waals surface area contributed by atoms with Crippen LogP contribution in [0.5, 0.6) is 11.6 Å². The molecule has 3 aromatic rings. The van der Waals surface area contributed by atoms with Crippen molar-refractivity contribution in [2.24, 2.45) is 18.9 Å². The van der Waals surface area contributed by atoms with Crippen LogP contribution in [-0.2, 0) is 18.3 Å². The molecule has 1 atom stereocenters. The maximum absolute atomic E-state index is 13.8. The van der Waals surface area contributed by atoms with E-state index in [0.717, 1.165) is 23.4 Å². The van der Waals surface area contributed by atoms with E-state index in [0.29, 0.717) is 49.8 Å². The molecular formula is C28H36FN3O3. The maximum Gasteiger partial charge on any atom is 0.222 e. The number of halogens is 1. The molecule has 1 heterocycles. The van der Waals surface area contributed by atoms with Crippen molar-refractivity contribution in [2.75, 3.05) is 26.3 Å². The van der Waals surface area contributed by atoms with Gasteiger partial charge in [-0.15, -0.1) is 0 Å². The Hall–Kier alpha value is -2.74. The van der Waals surface area contributed by atoms with Gasteiger partial charge in [-0.2, -0.15) is 5.10 Å². The van der Waals surface area contributed by atoms with Crippen LogP contribution in [0.15, 0.2) is 54.6 Å². The first-order chi connectivity index (χ1) is 16.9. The number of aromatic nitrogens is 2. The van der Waals surface area contributed by atoms with E-state index in [1.165, 1.54) is 25.0 Å². The molecule has 188 valence electrons. The summed E-state index contributed by atoms with van der Waals surface area (Å²) in [6, 6.07) is 16.1. The van der Waals surface area contributed by atoms with Crippen molar-refractivity contribution in [3.63, 3.8) is 0 Å². The molecule has 35 heavy (non-hydrogen) atoms. The predicted molar refractivity (Wildman–Crippen MR) is 135 cm³/mol. The lowest BCUT2D eigenvalue weighted by Crippen LogP contribution is -2.36. The number of nitrogens with zero attached hydrogens (tertiary/aromatic N) is 3. The van der Waals surface area contributed by atoms with Crippen LogP contribution in [-0.4, -0.2) is 52.2 Å². The molecule has 0 aliphatic heterocycles. The van der Waals surface area contributed by atoms with Gasteiger partial charge in [0.05, 0.1) is 18.3 Å². The molecule has 6 nitrogen and oxygen atoms in total. The molecule has 0 amide bonds. The third-order valence-corrected chi connectivity index (χ3v) is 5.97. The first-order valence-electron chi connectivity index (χ1n) is 12.4. The van der Waals surface area contributed by atoms with Crippen LogP contribution in [0.3, 0.4) is 0 Å². The molecule has 1 fully saturated rings. The van der Waals surface area contributed by atoms with Gasteiger partial charge in [0.25, 0.3) is 0 Å². The lowest BCUT2D eigenvalue weighted by molar-refractivity contribution is 0.00613. The molecule has 0 spiro atoms. The Morgan fingerprint density at radius 3 is 2.57 bits per heavy atom. The highest BCUT2D eigenvalue weighted by atomic mass is 19.1. The summed E-state index contributed by atoms with van der Waals surface area (Å²) in [4.78, 5) is 2.27. The van der Waals surface area contributed by atoms with Crippen LogP contribution in [0, 0.1) is 17.7 Å². The average Bonchev–Trinajstić information content (AvgIpc) is 3.58. The molecule has 0 radical (unpaired) electrons. The molecular weight excluding hydrogens is 445 g/mol. The second-order valence-corrected chi connectivity index (χ2v) is 9.90. The molecule has 4 rings (SSSR count). The van der Waals surface area contributed by atoms with Crippen molar-refractivity contribution in [3.8, 4) is 22.9 Å². The first kappa shape index (κ1) is 25.4. The fourth-order valence-corrected chi connectivity index (χ4v) is 4.18. The second-order valence-electron chi connectivity index (χ2n) is 9.90. The van der Waals surface area contributed by atoms with E-state index in [2.05, 4.69) is 18.7 Å². The summed E-state index contributed by atoms with van der Waals surface area (Å²) in [5.74, 6) is 1.71. The SMILES string of the molecule is CC(C)COC[C@@H](O)CN(Cc1c(-c2ccccc2)nn(C)c1Oc1cccc(F)c1)CC1CC1. The topological polar surface area (TPSA) is 59.8 Å². The molecule has 1 aliphatic rings. The molecule has 1 N–H and O–H groups in total. The minimum absolute atomic E-state index is 0.310. The minimum atomic E-state index is -0.586. The van der Waals surface area contributed by atoms with E-state index in [9.17, 15) is 9.50 Å². The van der Waals surface area contributed by atoms with Gasteiger partial charge in [0.1, 0.15) is 17.3 Å². The molecule has 7 heteroatoms. The minimum Gasteiger partial charge on any atom is -0.439 e. The second kappa shape index (κ2) is 11.8. The van der Waals surface area contributed by atoms with E-state index in [-0.39, 0.29) is 5.82 Å². The summed E-state index contributed by atoms with van der Waals surface area (Å²) in [5.41, 5.74) is 2.73. The van der Waals surface area contributed by atoms with Gasteiger partial charge in [0, 0.05) is 44.9 Å². The van der Waals surface area contributed by atoms with Crippen molar-refractivity contribution in [2.45, 2.75) is 39.3 Å². The highest BCUT2D eigenvalue weighted by Crippen LogP contribution is 2.36. The number of ether oxygens (including phenoxy) is 2. The fourth-order valence-electron chi connectivity index (χ4n) is 4.18. The lowest BCUT2D eigenvalue weighted by atomic mass is 10.1. The fraction of sp³-hybridized carbons (Fsp3) is 0.464. The van der Waals surface area contributed by atoms with Crippen molar-refractivity contribution < 1.29 is 19.0 Å². The average molecular weight is 482 g/mol. The summed E-state index contributed by atoms with van der Waals surface area (Å²) in [6.07, 6.45) is 1.83. The van der Waals surface area contributed by atoms with E-state index in [1.54, 1.807) is 16.8 Å². The van der Waals surface area contributed by atoms with Crippen LogP contribution in [0.4, 0.5) is 4.39 Å². The molecule has 1 saturated carbocycles. The Morgan fingerprint density at radius 1 is 1.11 bits per heavy atom. The normalized spacial score (nSPS) is 14.6. The Kier molecular flexibility index (Phi) is 8.55. The Balaban J connectivity index is 1.61. The number of hydrogen-bond acceptors (Lipinski definition) is 5. The molecule has 2 aromatic carbocycles. The van der Waals surface area contributed by atoms with E-state index < -0.39 is 6.10 Å². The number of aliphatic hydroxyl groups excluding tert-OH is 1. The number of aliphatic hydroxyl groups is 1.